The second-order valence-corrected chi connectivity index (χ2v) is 8.28. The predicted octanol–water partition coefficient (Wildman–Crippen LogP) is 2.99. The molecule has 1 amide bonds. The first-order valence-electron chi connectivity index (χ1n) is 11.5. The van der Waals surface area contributed by atoms with Crippen molar-refractivity contribution >= 4 is 23.1 Å². The summed E-state index contributed by atoms with van der Waals surface area (Å²) in [4.78, 5) is 29.7. The van der Waals surface area contributed by atoms with Crippen LogP contribution in [-0.2, 0) is 14.3 Å². The van der Waals surface area contributed by atoms with Gasteiger partial charge in [-0.1, -0.05) is 6.07 Å². The van der Waals surface area contributed by atoms with Gasteiger partial charge in [0, 0.05) is 26.3 Å². The molecule has 1 unspecified atom stereocenters. The number of hydrogen-bond acceptors (Lipinski definition) is 8. The lowest BCUT2D eigenvalue weighted by Gasteiger charge is -2.28. The zero-order valence-corrected chi connectivity index (χ0v) is 20.4. The van der Waals surface area contributed by atoms with Crippen LogP contribution in [-0.4, -0.2) is 75.9 Å². The lowest BCUT2D eigenvalue weighted by molar-refractivity contribution is -0.140. The summed E-state index contributed by atoms with van der Waals surface area (Å²) in [6.45, 7) is 3.95. The molecule has 4 rings (SSSR count). The maximum absolute atomic E-state index is 13.2. The van der Waals surface area contributed by atoms with Gasteiger partial charge in [0.15, 0.2) is 11.5 Å². The van der Waals surface area contributed by atoms with Crippen molar-refractivity contribution in [1.29, 1.82) is 0 Å². The van der Waals surface area contributed by atoms with Crippen LogP contribution >= 0.6 is 0 Å². The largest absolute Gasteiger partial charge is 0.507 e. The first kappa shape index (κ1) is 24.4. The van der Waals surface area contributed by atoms with E-state index in [2.05, 4.69) is 0 Å². The topological polar surface area (TPSA) is 97.8 Å². The van der Waals surface area contributed by atoms with E-state index in [1.54, 1.807) is 43.5 Å². The fourth-order valence-electron chi connectivity index (χ4n) is 4.43. The summed E-state index contributed by atoms with van der Waals surface area (Å²) < 4.78 is 22.0. The highest BCUT2D eigenvalue weighted by atomic mass is 16.5. The van der Waals surface area contributed by atoms with Crippen molar-refractivity contribution in [3.05, 3.63) is 53.1 Å². The van der Waals surface area contributed by atoms with Gasteiger partial charge in [-0.25, -0.2) is 0 Å². The Balaban J connectivity index is 1.86. The minimum atomic E-state index is -0.819. The third kappa shape index (κ3) is 4.51. The van der Waals surface area contributed by atoms with Crippen LogP contribution in [0.3, 0.4) is 0 Å². The maximum atomic E-state index is 13.2. The van der Waals surface area contributed by atoms with E-state index in [0.717, 1.165) is 5.69 Å². The number of likely N-dealkylation sites (N-methyl/N-ethyl adjacent to an activating group) is 1. The number of carbonyl (C=O) groups excluding carboxylic acids is 2. The van der Waals surface area contributed by atoms with Crippen molar-refractivity contribution in [3.8, 4) is 17.2 Å². The zero-order chi connectivity index (χ0) is 25.1. The number of hydrogen-bond donors (Lipinski definition) is 1. The number of carbonyl (C=O) groups is 2. The number of amides is 1. The van der Waals surface area contributed by atoms with E-state index >= 15 is 0 Å². The first-order chi connectivity index (χ1) is 16.9. The fourth-order valence-corrected chi connectivity index (χ4v) is 4.43. The number of likely N-dealkylation sites (tertiary alicyclic amines) is 1. The van der Waals surface area contributed by atoms with Crippen molar-refractivity contribution in [1.82, 2.24) is 4.90 Å². The van der Waals surface area contributed by atoms with Gasteiger partial charge in [0.1, 0.15) is 18.1 Å². The second-order valence-electron chi connectivity index (χ2n) is 8.28. The van der Waals surface area contributed by atoms with E-state index in [9.17, 15) is 14.7 Å². The van der Waals surface area contributed by atoms with Crippen LogP contribution in [0.15, 0.2) is 42.0 Å². The predicted molar refractivity (Wildman–Crippen MR) is 130 cm³/mol. The van der Waals surface area contributed by atoms with E-state index in [4.69, 9.17) is 18.9 Å². The molecule has 2 aliphatic rings. The van der Waals surface area contributed by atoms with Crippen molar-refractivity contribution < 1.29 is 33.6 Å². The number of ketones is 1. The summed E-state index contributed by atoms with van der Waals surface area (Å²) in [6.07, 6.45) is 0. The molecule has 9 nitrogen and oxygen atoms in total. The second kappa shape index (κ2) is 10.3. The average molecular weight is 483 g/mol. The molecule has 2 aliphatic heterocycles. The highest BCUT2D eigenvalue weighted by Crippen LogP contribution is 2.43. The Morgan fingerprint density at radius 1 is 1.14 bits per heavy atom. The van der Waals surface area contributed by atoms with Gasteiger partial charge >= 0.3 is 0 Å². The van der Waals surface area contributed by atoms with Gasteiger partial charge in [0.05, 0.1) is 44.2 Å². The first-order valence-corrected chi connectivity index (χ1v) is 11.5. The van der Waals surface area contributed by atoms with Crippen LogP contribution in [0.1, 0.15) is 24.1 Å². The van der Waals surface area contributed by atoms with Gasteiger partial charge in [-0.15, -0.1) is 0 Å². The van der Waals surface area contributed by atoms with Gasteiger partial charge in [0.25, 0.3) is 11.7 Å². The normalized spacial score (nSPS) is 18.9. The number of aliphatic hydroxyl groups excluding tert-OH is 1. The van der Waals surface area contributed by atoms with Crippen molar-refractivity contribution in [2.45, 2.75) is 13.0 Å². The molecule has 0 radical (unpaired) electrons. The van der Waals surface area contributed by atoms with Gasteiger partial charge in [-0.3, -0.25) is 9.59 Å². The molecule has 9 heteroatoms. The van der Waals surface area contributed by atoms with Crippen LogP contribution in [0.2, 0.25) is 0 Å². The van der Waals surface area contributed by atoms with E-state index in [1.165, 1.54) is 12.0 Å². The number of methoxy groups -OCH3 is 2. The van der Waals surface area contributed by atoms with Crippen LogP contribution in [0.4, 0.5) is 5.69 Å². The summed E-state index contributed by atoms with van der Waals surface area (Å²) in [5, 5.41) is 11.4. The number of aliphatic hydroxyl groups is 1. The number of nitrogens with zero attached hydrogens (tertiary/aromatic N) is 2. The van der Waals surface area contributed by atoms with Gasteiger partial charge in [-0.05, 0) is 42.8 Å². The highest BCUT2D eigenvalue weighted by Gasteiger charge is 2.46. The molecule has 0 aromatic heterocycles. The Labute approximate surface area is 204 Å². The Morgan fingerprint density at radius 2 is 1.94 bits per heavy atom. The van der Waals surface area contributed by atoms with Crippen LogP contribution < -0.4 is 19.1 Å². The number of fused-ring (bicyclic) bond motifs is 1. The van der Waals surface area contributed by atoms with Crippen molar-refractivity contribution in [2.75, 3.05) is 59.1 Å². The number of anilines is 1. The van der Waals surface area contributed by atoms with Gasteiger partial charge in [-0.2, -0.15) is 0 Å². The van der Waals surface area contributed by atoms with E-state index in [-0.39, 0.29) is 24.5 Å². The fraction of sp³-hybridized carbons (Fsp3) is 0.385. The Morgan fingerprint density at radius 3 is 2.66 bits per heavy atom. The molecule has 2 aromatic carbocycles. The molecule has 1 atom stereocenters. The minimum Gasteiger partial charge on any atom is -0.507 e. The molecule has 0 aliphatic carbocycles. The van der Waals surface area contributed by atoms with E-state index in [0.29, 0.717) is 48.1 Å². The summed E-state index contributed by atoms with van der Waals surface area (Å²) >= 11 is 0. The van der Waals surface area contributed by atoms with Gasteiger partial charge in [0.2, 0.25) is 0 Å². The molecule has 0 saturated carbocycles. The quantitative estimate of drug-likeness (QED) is 0.348. The zero-order valence-electron chi connectivity index (χ0n) is 20.4. The minimum absolute atomic E-state index is 0.0121. The smallest absolute Gasteiger partial charge is 0.295 e. The molecule has 186 valence electrons. The molecule has 1 N–H and O–H groups in total. The Bertz CT molecular complexity index is 1160. The summed E-state index contributed by atoms with van der Waals surface area (Å²) in [5.41, 5.74) is 1.85. The van der Waals surface area contributed by atoms with Crippen LogP contribution in [0.5, 0.6) is 17.2 Å². The maximum Gasteiger partial charge on any atom is 0.295 e. The lowest BCUT2D eigenvalue weighted by atomic mass is 9.94. The molecular formula is C26H30N2O7. The van der Waals surface area contributed by atoms with Crippen LogP contribution in [0.25, 0.3) is 5.76 Å². The molecule has 1 fully saturated rings. The number of ether oxygens (including phenoxy) is 4. The van der Waals surface area contributed by atoms with Gasteiger partial charge < -0.3 is 33.9 Å². The summed E-state index contributed by atoms with van der Waals surface area (Å²) in [5.74, 6) is 0.0211. The summed E-state index contributed by atoms with van der Waals surface area (Å²) in [6, 6.07) is 9.62. The standard InChI is InChI=1S/C26H30N2O7/c1-5-34-21-15-16(6-9-20(21)33-4)23-22(25(30)26(31)28(23)11-12-32-3)24(29)17-7-8-19-18(14-17)27(2)10-13-35-19/h6-9,14-15,23,29H,5,10-13H2,1-4H3/b24-22+. The molecule has 35 heavy (non-hydrogen) atoms. The molecule has 1 saturated heterocycles. The number of benzene rings is 2. The third-order valence-electron chi connectivity index (χ3n) is 6.21. The third-order valence-corrected chi connectivity index (χ3v) is 6.21. The molecule has 2 aromatic rings. The molecular weight excluding hydrogens is 452 g/mol. The number of Topliss-reactive ketones (excluding diaryl/α,β-unsaturated/α-hetero) is 1. The molecule has 0 bridgehead atoms. The molecule has 0 spiro atoms. The average Bonchev–Trinajstić information content (AvgIpc) is 3.12. The van der Waals surface area contributed by atoms with E-state index < -0.39 is 17.7 Å². The lowest BCUT2D eigenvalue weighted by Crippen LogP contribution is -2.32. The van der Waals surface area contributed by atoms with Crippen LogP contribution in [0, 0.1) is 0 Å². The summed E-state index contributed by atoms with van der Waals surface area (Å²) in [7, 11) is 5.00. The van der Waals surface area contributed by atoms with E-state index in [1.807, 2.05) is 18.9 Å². The molecule has 2 heterocycles. The Kier molecular flexibility index (Phi) is 7.16. The highest BCUT2D eigenvalue weighted by molar-refractivity contribution is 6.46. The van der Waals surface area contributed by atoms with Crippen molar-refractivity contribution in [2.24, 2.45) is 0 Å². The number of rotatable bonds is 8. The Hall–Kier alpha value is -3.72. The van der Waals surface area contributed by atoms with Crippen molar-refractivity contribution in [3.63, 3.8) is 0 Å². The monoisotopic (exact) mass is 482 g/mol. The SMILES string of the molecule is CCOc1cc(C2/C(=C(\O)c3ccc4c(c3)N(C)CCO4)C(=O)C(=O)N2CCOC)ccc1OC.